The summed E-state index contributed by atoms with van der Waals surface area (Å²) >= 11 is 0. The minimum atomic E-state index is -1.01. The Morgan fingerprint density at radius 1 is 1.15 bits per heavy atom. The van der Waals surface area contributed by atoms with E-state index in [-0.39, 0.29) is 5.52 Å². The van der Waals surface area contributed by atoms with E-state index < -0.39 is 11.6 Å². The van der Waals surface area contributed by atoms with E-state index in [1.165, 1.54) is 12.3 Å². The van der Waals surface area contributed by atoms with Crippen LogP contribution in [-0.4, -0.2) is 0 Å². The van der Waals surface area contributed by atoms with E-state index in [9.17, 15) is 14.0 Å². The normalized spacial score (nSPS) is 10.6. The Balaban J connectivity index is 2.89. The van der Waals surface area contributed by atoms with Gasteiger partial charge in [-0.25, -0.2) is 8.78 Å². The highest BCUT2D eigenvalue weighted by Crippen LogP contribution is 2.14. The van der Waals surface area contributed by atoms with E-state index in [0.29, 0.717) is 10.1 Å². The van der Waals surface area contributed by atoms with Crippen molar-refractivity contribution in [2.45, 2.75) is 0 Å². The van der Waals surface area contributed by atoms with Crippen LogP contribution < -0.4 is 4.73 Å². The molecule has 0 radical (unpaired) electrons. The summed E-state index contributed by atoms with van der Waals surface area (Å²) in [7, 11) is 0. The zero-order valence-corrected chi connectivity index (χ0v) is 6.50. The SMILES string of the molecule is [O-][n+]1cccc2cc(F)c(F)cc21. The van der Waals surface area contributed by atoms with Crippen LogP contribution in [0, 0.1) is 16.8 Å². The number of halogens is 2. The van der Waals surface area contributed by atoms with Crippen molar-refractivity contribution in [1.82, 2.24) is 0 Å². The van der Waals surface area contributed by atoms with Gasteiger partial charge < -0.3 is 5.21 Å². The first-order valence-electron chi connectivity index (χ1n) is 3.65. The van der Waals surface area contributed by atoms with Gasteiger partial charge in [0.1, 0.15) is 0 Å². The molecule has 2 aromatic rings. The zero-order valence-electron chi connectivity index (χ0n) is 6.50. The van der Waals surface area contributed by atoms with E-state index in [1.54, 1.807) is 6.07 Å². The number of aromatic nitrogens is 1. The Hall–Kier alpha value is -1.71. The smallest absolute Gasteiger partial charge is 0.226 e. The van der Waals surface area contributed by atoms with Gasteiger partial charge in [-0.05, 0) is 12.1 Å². The van der Waals surface area contributed by atoms with Crippen LogP contribution in [0.2, 0.25) is 0 Å². The molecule has 13 heavy (non-hydrogen) atoms. The molecule has 0 saturated carbocycles. The van der Waals surface area contributed by atoms with Crippen molar-refractivity contribution in [2.75, 3.05) is 0 Å². The molecule has 66 valence electrons. The second kappa shape index (κ2) is 2.65. The van der Waals surface area contributed by atoms with Gasteiger partial charge in [-0.3, -0.25) is 0 Å². The Morgan fingerprint density at radius 3 is 2.62 bits per heavy atom. The van der Waals surface area contributed by atoms with Crippen LogP contribution in [0.4, 0.5) is 8.78 Å². The molecule has 0 aliphatic carbocycles. The van der Waals surface area contributed by atoms with Crippen LogP contribution in [0.25, 0.3) is 10.9 Å². The number of rotatable bonds is 0. The lowest BCUT2D eigenvalue weighted by Crippen LogP contribution is -2.25. The lowest BCUT2D eigenvalue weighted by Gasteiger charge is -2.00. The highest BCUT2D eigenvalue weighted by atomic mass is 19.2. The number of benzene rings is 1. The monoisotopic (exact) mass is 181 g/mol. The van der Waals surface area contributed by atoms with Crippen LogP contribution in [0.1, 0.15) is 0 Å². The molecule has 0 fully saturated rings. The molecule has 0 saturated heterocycles. The van der Waals surface area contributed by atoms with Crippen molar-refractivity contribution in [3.63, 3.8) is 0 Å². The van der Waals surface area contributed by atoms with Crippen LogP contribution in [0.15, 0.2) is 30.5 Å². The topological polar surface area (TPSA) is 26.9 Å². The summed E-state index contributed by atoms with van der Waals surface area (Å²) in [6.45, 7) is 0. The number of hydrogen-bond donors (Lipinski definition) is 0. The quantitative estimate of drug-likeness (QED) is 0.449. The molecule has 0 spiro atoms. The predicted molar refractivity (Wildman–Crippen MR) is 42.8 cm³/mol. The van der Waals surface area contributed by atoms with E-state index >= 15 is 0 Å². The number of hydrogen-bond acceptors (Lipinski definition) is 1. The van der Waals surface area contributed by atoms with Gasteiger partial charge in [0.25, 0.3) is 0 Å². The molecule has 2 rings (SSSR count). The van der Waals surface area contributed by atoms with Gasteiger partial charge in [-0.15, -0.1) is 0 Å². The van der Waals surface area contributed by atoms with Gasteiger partial charge in [-0.1, -0.05) is 0 Å². The summed E-state index contributed by atoms with van der Waals surface area (Å²) < 4.78 is 25.9. The van der Waals surface area contributed by atoms with E-state index in [0.717, 1.165) is 12.1 Å². The van der Waals surface area contributed by atoms with E-state index in [4.69, 9.17) is 0 Å². The second-order valence-electron chi connectivity index (χ2n) is 2.66. The maximum absolute atomic E-state index is 12.7. The lowest BCUT2D eigenvalue weighted by atomic mass is 10.2. The van der Waals surface area contributed by atoms with Gasteiger partial charge >= 0.3 is 0 Å². The third-order valence-corrected chi connectivity index (χ3v) is 1.80. The van der Waals surface area contributed by atoms with E-state index in [2.05, 4.69) is 0 Å². The first kappa shape index (κ1) is 7.91. The molecular formula is C9H5F2NO. The van der Waals surface area contributed by atoms with Crippen LogP contribution in [0.3, 0.4) is 0 Å². The van der Waals surface area contributed by atoms with Crippen molar-refractivity contribution >= 4 is 10.9 Å². The van der Waals surface area contributed by atoms with Gasteiger partial charge in [0.2, 0.25) is 5.52 Å². The summed E-state index contributed by atoms with van der Waals surface area (Å²) in [5.74, 6) is -1.96. The lowest BCUT2D eigenvalue weighted by molar-refractivity contribution is -0.577. The molecule has 4 heteroatoms. The first-order chi connectivity index (χ1) is 6.18. The fraction of sp³-hybridized carbons (Fsp3) is 0. The predicted octanol–water partition coefficient (Wildman–Crippen LogP) is 1.75. The number of pyridine rings is 1. The summed E-state index contributed by atoms with van der Waals surface area (Å²) in [5, 5.41) is 11.5. The molecule has 0 aliphatic rings. The van der Waals surface area contributed by atoms with Crippen molar-refractivity contribution in [3.8, 4) is 0 Å². The standard InChI is InChI=1S/C9H5F2NO/c10-7-4-6-2-1-3-12(13)9(6)5-8(7)11/h1-5H. The Morgan fingerprint density at radius 2 is 1.85 bits per heavy atom. The molecule has 0 unspecified atom stereocenters. The van der Waals surface area contributed by atoms with Crippen molar-refractivity contribution in [2.24, 2.45) is 0 Å². The molecular weight excluding hydrogens is 176 g/mol. The molecule has 0 bridgehead atoms. The molecule has 0 amide bonds. The fourth-order valence-corrected chi connectivity index (χ4v) is 1.18. The molecule has 1 heterocycles. The molecule has 1 aromatic heterocycles. The van der Waals surface area contributed by atoms with Crippen molar-refractivity contribution in [1.29, 1.82) is 0 Å². The van der Waals surface area contributed by atoms with E-state index in [1.807, 2.05) is 0 Å². The largest absolute Gasteiger partial charge is 0.618 e. The highest BCUT2D eigenvalue weighted by Gasteiger charge is 2.08. The van der Waals surface area contributed by atoms with Gasteiger partial charge in [0.05, 0.1) is 11.5 Å². The number of nitrogens with zero attached hydrogens (tertiary/aromatic N) is 1. The minimum Gasteiger partial charge on any atom is -0.618 e. The minimum absolute atomic E-state index is 0.126. The van der Waals surface area contributed by atoms with Gasteiger partial charge in [0, 0.05) is 6.07 Å². The Labute approximate surface area is 72.6 Å². The second-order valence-corrected chi connectivity index (χ2v) is 2.66. The summed E-state index contributed by atoms with van der Waals surface area (Å²) in [4.78, 5) is 0. The number of fused-ring (bicyclic) bond motifs is 1. The Kier molecular flexibility index (Phi) is 1.62. The van der Waals surface area contributed by atoms with Crippen LogP contribution >= 0.6 is 0 Å². The summed E-state index contributed by atoms with van der Waals surface area (Å²) in [6.07, 6.45) is 1.24. The first-order valence-corrected chi connectivity index (χ1v) is 3.65. The fourth-order valence-electron chi connectivity index (χ4n) is 1.18. The summed E-state index contributed by atoms with van der Waals surface area (Å²) in [6, 6.07) is 4.91. The van der Waals surface area contributed by atoms with Crippen LogP contribution in [0.5, 0.6) is 0 Å². The maximum Gasteiger partial charge on any atom is 0.226 e. The van der Waals surface area contributed by atoms with Crippen molar-refractivity contribution in [3.05, 3.63) is 47.3 Å². The molecule has 0 N–H and O–H groups in total. The molecule has 0 aliphatic heterocycles. The van der Waals surface area contributed by atoms with Gasteiger partial charge in [0.15, 0.2) is 17.8 Å². The maximum atomic E-state index is 12.7. The molecule has 1 aromatic carbocycles. The Bertz CT molecular complexity index is 470. The third kappa shape index (κ3) is 1.20. The molecule has 2 nitrogen and oxygen atoms in total. The summed E-state index contributed by atoms with van der Waals surface area (Å²) in [5.41, 5.74) is 0.126. The highest BCUT2D eigenvalue weighted by molar-refractivity contribution is 5.75. The van der Waals surface area contributed by atoms with Gasteiger partial charge in [-0.2, -0.15) is 4.73 Å². The molecule has 0 atom stereocenters. The van der Waals surface area contributed by atoms with Crippen molar-refractivity contribution < 1.29 is 13.5 Å². The third-order valence-electron chi connectivity index (χ3n) is 1.80. The average Bonchev–Trinajstić information content (AvgIpc) is 2.09. The average molecular weight is 181 g/mol. The zero-order chi connectivity index (χ0) is 9.42. The van der Waals surface area contributed by atoms with Crippen LogP contribution in [-0.2, 0) is 0 Å².